The fraction of sp³-hybridized carbons (Fsp3) is 0.273. The van der Waals surface area contributed by atoms with Gasteiger partial charge in [-0.05, 0) is 12.1 Å². The van der Waals surface area contributed by atoms with Gasteiger partial charge in [-0.1, -0.05) is 19.1 Å². The van der Waals surface area contributed by atoms with E-state index in [2.05, 4.69) is 0 Å². The third-order valence-electron chi connectivity index (χ3n) is 1.62. The standard InChI is InChI=1S/C11H12O4/c1-3-11(13)15-10-7-5-4-6-9(10)14-8(2)12/h4-7H,3H2,1-2H3. The van der Waals surface area contributed by atoms with Gasteiger partial charge in [-0.15, -0.1) is 0 Å². The molecule has 0 aliphatic rings. The Morgan fingerprint density at radius 1 is 1.13 bits per heavy atom. The van der Waals surface area contributed by atoms with Gasteiger partial charge in [0.25, 0.3) is 0 Å². The summed E-state index contributed by atoms with van der Waals surface area (Å²) in [4.78, 5) is 21.8. The monoisotopic (exact) mass is 208 g/mol. The molecule has 0 fully saturated rings. The Labute approximate surface area is 87.8 Å². The summed E-state index contributed by atoms with van der Waals surface area (Å²) in [5.74, 6) is -0.295. The predicted octanol–water partition coefficient (Wildman–Crippen LogP) is 1.93. The quantitative estimate of drug-likeness (QED) is 0.562. The van der Waals surface area contributed by atoms with E-state index < -0.39 is 5.97 Å². The molecule has 0 aromatic heterocycles. The molecule has 1 aromatic rings. The van der Waals surface area contributed by atoms with Crippen molar-refractivity contribution < 1.29 is 19.1 Å². The minimum atomic E-state index is -0.449. The Morgan fingerprint density at radius 2 is 1.67 bits per heavy atom. The van der Waals surface area contributed by atoms with E-state index in [-0.39, 0.29) is 23.9 Å². The van der Waals surface area contributed by atoms with Crippen molar-refractivity contribution in [1.29, 1.82) is 0 Å². The Morgan fingerprint density at radius 3 is 2.13 bits per heavy atom. The minimum Gasteiger partial charge on any atom is -0.423 e. The fourth-order valence-electron chi connectivity index (χ4n) is 0.968. The van der Waals surface area contributed by atoms with Gasteiger partial charge in [-0.2, -0.15) is 0 Å². The lowest BCUT2D eigenvalue weighted by Crippen LogP contribution is -2.08. The van der Waals surface area contributed by atoms with Crippen LogP contribution in [0.3, 0.4) is 0 Å². The van der Waals surface area contributed by atoms with E-state index in [9.17, 15) is 9.59 Å². The molecule has 0 radical (unpaired) electrons. The number of carbonyl (C=O) groups excluding carboxylic acids is 2. The zero-order valence-corrected chi connectivity index (χ0v) is 8.65. The van der Waals surface area contributed by atoms with Crippen LogP contribution in [0, 0.1) is 0 Å². The minimum absolute atomic E-state index is 0.256. The number of rotatable bonds is 3. The topological polar surface area (TPSA) is 52.6 Å². The van der Waals surface area contributed by atoms with Gasteiger partial charge in [0.2, 0.25) is 0 Å². The first-order valence-electron chi connectivity index (χ1n) is 4.61. The van der Waals surface area contributed by atoms with Crippen LogP contribution in [-0.4, -0.2) is 11.9 Å². The Bertz CT molecular complexity index is 371. The second kappa shape index (κ2) is 5.14. The number of ether oxygens (including phenoxy) is 2. The average Bonchev–Trinajstić information content (AvgIpc) is 2.20. The summed E-state index contributed by atoms with van der Waals surface area (Å²) in [6.45, 7) is 2.98. The maximum Gasteiger partial charge on any atom is 0.311 e. The third-order valence-corrected chi connectivity index (χ3v) is 1.62. The zero-order valence-electron chi connectivity index (χ0n) is 8.65. The van der Waals surface area contributed by atoms with E-state index in [1.165, 1.54) is 6.92 Å². The van der Waals surface area contributed by atoms with E-state index in [1.807, 2.05) is 0 Å². The molecule has 0 bridgehead atoms. The Hall–Kier alpha value is -1.84. The van der Waals surface area contributed by atoms with E-state index in [0.29, 0.717) is 0 Å². The summed E-state index contributed by atoms with van der Waals surface area (Å²) < 4.78 is 9.85. The summed E-state index contributed by atoms with van der Waals surface area (Å²) in [7, 11) is 0. The van der Waals surface area contributed by atoms with Gasteiger partial charge < -0.3 is 9.47 Å². The molecule has 4 heteroatoms. The molecule has 0 N–H and O–H groups in total. The number of hydrogen-bond acceptors (Lipinski definition) is 4. The lowest BCUT2D eigenvalue weighted by Gasteiger charge is -2.07. The van der Waals surface area contributed by atoms with Gasteiger partial charge in [0.1, 0.15) is 0 Å². The van der Waals surface area contributed by atoms with Crippen LogP contribution in [0.2, 0.25) is 0 Å². The first-order valence-corrected chi connectivity index (χ1v) is 4.61. The summed E-state index contributed by atoms with van der Waals surface area (Å²) in [5.41, 5.74) is 0. The molecule has 0 unspecified atom stereocenters. The molecule has 0 heterocycles. The highest BCUT2D eigenvalue weighted by atomic mass is 16.6. The number of para-hydroxylation sites is 2. The molecule has 0 atom stereocenters. The first kappa shape index (κ1) is 11.2. The molecule has 1 rings (SSSR count). The van der Waals surface area contributed by atoms with Crippen molar-refractivity contribution in [3.63, 3.8) is 0 Å². The van der Waals surface area contributed by atoms with Gasteiger partial charge in [-0.25, -0.2) is 0 Å². The molecular formula is C11H12O4. The van der Waals surface area contributed by atoms with Gasteiger partial charge in [0.15, 0.2) is 11.5 Å². The molecular weight excluding hydrogens is 196 g/mol. The Balaban J connectivity index is 2.85. The van der Waals surface area contributed by atoms with E-state index in [4.69, 9.17) is 9.47 Å². The SMILES string of the molecule is CCC(=O)Oc1ccccc1OC(C)=O. The van der Waals surface area contributed by atoms with Crippen molar-refractivity contribution in [2.75, 3.05) is 0 Å². The zero-order chi connectivity index (χ0) is 11.3. The van der Waals surface area contributed by atoms with Crippen LogP contribution in [0.25, 0.3) is 0 Å². The average molecular weight is 208 g/mol. The third kappa shape index (κ3) is 3.42. The van der Waals surface area contributed by atoms with Crippen LogP contribution in [-0.2, 0) is 9.59 Å². The molecule has 0 saturated carbocycles. The van der Waals surface area contributed by atoms with Gasteiger partial charge >= 0.3 is 11.9 Å². The molecule has 0 aliphatic heterocycles. The highest BCUT2D eigenvalue weighted by Crippen LogP contribution is 2.26. The highest BCUT2D eigenvalue weighted by Gasteiger charge is 2.09. The first-order chi connectivity index (χ1) is 7.13. The van der Waals surface area contributed by atoms with Crippen LogP contribution in [0.1, 0.15) is 20.3 Å². The molecule has 0 aliphatic carbocycles. The van der Waals surface area contributed by atoms with Crippen LogP contribution in [0.5, 0.6) is 11.5 Å². The summed E-state index contributed by atoms with van der Waals surface area (Å²) in [6, 6.07) is 6.54. The normalized spacial score (nSPS) is 9.47. The van der Waals surface area contributed by atoms with Gasteiger partial charge in [-0.3, -0.25) is 9.59 Å². The number of benzene rings is 1. The molecule has 0 saturated heterocycles. The van der Waals surface area contributed by atoms with Crippen LogP contribution in [0.15, 0.2) is 24.3 Å². The van der Waals surface area contributed by atoms with Crippen molar-refractivity contribution in [1.82, 2.24) is 0 Å². The maximum absolute atomic E-state index is 11.1. The van der Waals surface area contributed by atoms with Gasteiger partial charge in [0, 0.05) is 13.3 Å². The number of carbonyl (C=O) groups is 2. The molecule has 1 aromatic carbocycles. The lowest BCUT2D eigenvalue weighted by atomic mass is 10.3. The Kier molecular flexibility index (Phi) is 3.85. The molecule has 80 valence electrons. The molecule has 0 spiro atoms. The molecule has 0 amide bonds. The molecule has 4 nitrogen and oxygen atoms in total. The fourth-order valence-corrected chi connectivity index (χ4v) is 0.968. The van der Waals surface area contributed by atoms with Crippen molar-refractivity contribution >= 4 is 11.9 Å². The summed E-state index contributed by atoms with van der Waals surface area (Å²) >= 11 is 0. The number of hydrogen-bond donors (Lipinski definition) is 0. The van der Waals surface area contributed by atoms with Crippen molar-refractivity contribution in [2.45, 2.75) is 20.3 Å². The highest BCUT2D eigenvalue weighted by molar-refractivity contribution is 5.74. The number of esters is 2. The van der Waals surface area contributed by atoms with Crippen LogP contribution >= 0.6 is 0 Å². The van der Waals surface area contributed by atoms with Crippen LogP contribution in [0.4, 0.5) is 0 Å². The predicted molar refractivity (Wildman–Crippen MR) is 53.7 cm³/mol. The molecule has 15 heavy (non-hydrogen) atoms. The summed E-state index contributed by atoms with van der Waals surface area (Å²) in [6.07, 6.45) is 0.272. The maximum atomic E-state index is 11.1. The van der Waals surface area contributed by atoms with Crippen LogP contribution < -0.4 is 9.47 Å². The second-order valence-electron chi connectivity index (χ2n) is 2.87. The largest absolute Gasteiger partial charge is 0.423 e. The van der Waals surface area contributed by atoms with E-state index >= 15 is 0 Å². The smallest absolute Gasteiger partial charge is 0.311 e. The lowest BCUT2D eigenvalue weighted by molar-refractivity contribution is -0.135. The van der Waals surface area contributed by atoms with E-state index in [0.717, 1.165) is 0 Å². The van der Waals surface area contributed by atoms with E-state index in [1.54, 1.807) is 31.2 Å². The van der Waals surface area contributed by atoms with Crippen molar-refractivity contribution in [3.8, 4) is 11.5 Å². The summed E-state index contributed by atoms with van der Waals surface area (Å²) in [5, 5.41) is 0. The van der Waals surface area contributed by atoms with Crippen molar-refractivity contribution in [2.24, 2.45) is 0 Å². The van der Waals surface area contributed by atoms with Gasteiger partial charge in [0.05, 0.1) is 0 Å². The van der Waals surface area contributed by atoms with Crippen molar-refractivity contribution in [3.05, 3.63) is 24.3 Å². The second-order valence-corrected chi connectivity index (χ2v) is 2.87.